The summed E-state index contributed by atoms with van der Waals surface area (Å²) in [7, 11) is 0. The number of hydrogen-bond donors (Lipinski definition) is 2. The third kappa shape index (κ3) is 4.83. The molecule has 0 aliphatic rings. The Morgan fingerprint density at radius 2 is 1.79 bits per heavy atom. The predicted octanol–water partition coefficient (Wildman–Crippen LogP) is 4.35. The van der Waals surface area contributed by atoms with Crippen LogP contribution in [0.5, 0.6) is 0 Å². The van der Waals surface area contributed by atoms with E-state index in [-0.39, 0.29) is 24.2 Å². The van der Waals surface area contributed by atoms with Gasteiger partial charge in [0, 0.05) is 10.7 Å². The van der Waals surface area contributed by atoms with Gasteiger partial charge < -0.3 is 10.4 Å². The molecule has 0 spiro atoms. The van der Waals surface area contributed by atoms with Crippen LogP contribution < -0.4 is 5.32 Å². The minimum atomic E-state index is -0.882. The van der Waals surface area contributed by atoms with Gasteiger partial charge in [-0.1, -0.05) is 49.7 Å². The zero-order valence-corrected chi connectivity index (χ0v) is 14.4. The van der Waals surface area contributed by atoms with Crippen molar-refractivity contribution in [2.45, 2.75) is 26.2 Å². The van der Waals surface area contributed by atoms with Crippen LogP contribution in [0.2, 0.25) is 5.02 Å². The number of carboxylic acids is 1. The van der Waals surface area contributed by atoms with Crippen molar-refractivity contribution < 1.29 is 14.7 Å². The van der Waals surface area contributed by atoms with Crippen molar-refractivity contribution in [3.8, 4) is 0 Å². The van der Waals surface area contributed by atoms with E-state index in [1.807, 2.05) is 32.0 Å². The van der Waals surface area contributed by atoms with E-state index in [2.05, 4.69) is 5.32 Å². The van der Waals surface area contributed by atoms with Crippen LogP contribution in [0.4, 0.5) is 5.69 Å². The van der Waals surface area contributed by atoms with E-state index in [9.17, 15) is 9.59 Å². The van der Waals surface area contributed by atoms with E-state index in [4.69, 9.17) is 16.7 Å². The number of anilines is 1. The van der Waals surface area contributed by atoms with Gasteiger partial charge >= 0.3 is 5.97 Å². The molecular formula is C19H20ClNO3. The molecule has 0 aromatic heterocycles. The van der Waals surface area contributed by atoms with Gasteiger partial charge in [0.1, 0.15) is 0 Å². The van der Waals surface area contributed by atoms with Gasteiger partial charge in [0.25, 0.3) is 0 Å². The quantitative estimate of drug-likeness (QED) is 0.818. The van der Waals surface area contributed by atoms with Crippen molar-refractivity contribution in [1.82, 2.24) is 0 Å². The van der Waals surface area contributed by atoms with Crippen LogP contribution in [-0.2, 0) is 16.0 Å². The summed E-state index contributed by atoms with van der Waals surface area (Å²) in [6.07, 6.45) is -0.0363. The summed E-state index contributed by atoms with van der Waals surface area (Å²) in [6.45, 7) is 3.97. The molecule has 4 nitrogen and oxygen atoms in total. The van der Waals surface area contributed by atoms with Gasteiger partial charge in [0.2, 0.25) is 5.91 Å². The second-order valence-corrected chi connectivity index (χ2v) is 6.47. The Hall–Kier alpha value is -2.33. The van der Waals surface area contributed by atoms with Crippen LogP contribution in [0, 0.1) is 5.92 Å². The molecule has 126 valence electrons. The maximum absolute atomic E-state index is 12.7. The van der Waals surface area contributed by atoms with Crippen LogP contribution in [0.1, 0.15) is 30.9 Å². The van der Waals surface area contributed by atoms with Gasteiger partial charge in [0.05, 0.1) is 12.3 Å². The molecule has 5 heteroatoms. The van der Waals surface area contributed by atoms with E-state index in [0.29, 0.717) is 16.3 Å². The zero-order chi connectivity index (χ0) is 17.7. The molecule has 0 saturated carbocycles. The minimum absolute atomic E-state index is 0.0363. The summed E-state index contributed by atoms with van der Waals surface area (Å²) in [5.74, 6) is -1.21. The highest BCUT2D eigenvalue weighted by molar-refractivity contribution is 6.30. The van der Waals surface area contributed by atoms with Crippen molar-refractivity contribution in [2.24, 2.45) is 5.92 Å². The Balaban J connectivity index is 2.15. The van der Waals surface area contributed by atoms with E-state index in [1.165, 1.54) is 0 Å². The highest BCUT2D eigenvalue weighted by atomic mass is 35.5. The molecule has 1 atom stereocenters. The predicted molar refractivity (Wildman–Crippen MR) is 95.4 cm³/mol. The van der Waals surface area contributed by atoms with Gasteiger partial charge in [-0.25, -0.2) is 0 Å². The molecule has 0 fully saturated rings. The molecule has 1 unspecified atom stereocenters. The van der Waals surface area contributed by atoms with E-state index < -0.39 is 5.97 Å². The largest absolute Gasteiger partial charge is 0.481 e. The number of nitrogens with one attached hydrogen (secondary N) is 1. The molecule has 0 aliphatic heterocycles. The first-order chi connectivity index (χ1) is 11.4. The SMILES string of the molecule is CC(C)C(C(=O)Nc1ccc(CC(=O)O)cc1)c1cccc(Cl)c1. The van der Waals surface area contributed by atoms with Crippen LogP contribution in [-0.4, -0.2) is 17.0 Å². The normalized spacial score (nSPS) is 12.0. The number of carboxylic acid groups (broad SMARTS) is 1. The summed E-state index contributed by atoms with van der Waals surface area (Å²) in [6, 6.07) is 14.1. The molecular weight excluding hydrogens is 326 g/mol. The summed E-state index contributed by atoms with van der Waals surface area (Å²) < 4.78 is 0. The number of aliphatic carboxylic acids is 1. The molecule has 0 bridgehead atoms. The van der Waals surface area contributed by atoms with Crippen molar-refractivity contribution in [1.29, 1.82) is 0 Å². The van der Waals surface area contributed by atoms with Crippen molar-refractivity contribution >= 4 is 29.2 Å². The molecule has 0 aliphatic carbocycles. The van der Waals surface area contributed by atoms with E-state index >= 15 is 0 Å². The molecule has 24 heavy (non-hydrogen) atoms. The molecule has 2 aromatic rings. The van der Waals surface area contributed by atoms with E-state index in [0.717, 1.165) is 5.56 Å². The lowest BCUT2D eigenvalue weighted by molar-refractivity contribution is -0.136. The lowest BCUT2D eigenvalue weighted by Crippen LogP contribution is -2.25. The van der Waals surface area contributed by atoms with Gasteiger partial charge in [-0.3, -0.25) is 9.59 Å². The van der Waals surface area contributed by atoms with Crippen LogP contribution >= 0.6 is 11.6 Å². The van der Waals surface area contributed by atoms with Gasteiger partial charge in [-0.2, -0.15) is 0 Å². The number of hydrogen-bond acceptors (Lipinski definition) is 2. The molecule has 0 radical (unpaired) electrons. The maximum Gasteiger partial charge on any atom is 0.307 e. The van der Waals surface area contributed by atoms with Crippen molar-refractivity contribution in [2.75, 3.05) is 5.32 Å². The molecule has 1 amide bonds. The third-order valence-electron chi connectivity index (χ3n) is 3.73. The summed E-state index contributed by atoms with van der Waals surface area (Å²) in [4.78, 5) is 23.4. The lowest BCUT2D eigenvalue weighted by Gasteiger charge is -2.21. The van der Waals surface area contributed by atoms with Crippen molar-refractivity contribution in [3.63, 3.8) is 0 Å². The van der Waals surface area contributed by atoms with Crippen LogP contribution in [0.3, 0.4) is 0 Å². The first-order valence-electron chi connectivity index (χ1n) is 7.74. The first-order valence-corrected chi connectivity index (χ1v) is 8.11. The minimum Gasteiger partial charge on any atom is -0.481 e. The zero-order valence-electron chi connectivity index (χ0n) is 13.6. The molecule has 2 rings (SSSR count). The van der Waals surface area contributed by atoms with Gasteiger partial charge in [0.15, 0.2) is 0 Å². The third-order valence-corrected chi connectivity index (χ3v) is 3.97. The fraction of sp³-hybridized carbons (Fsp3) is 0.263. The Kier molecular flexibility index (Phi) is 5.99. The summed E-state index contributed by atoms with van der Waals surface area (Å²) in [5.41, 5.74) is 2.20. The van der Waals surface area contributed by atoms with Gasteiger partial charge in [-0.05, 0) is 41.3 Å². The Labute approximate surface area is 146 Å². The molecule has 0 saturated heterocycles. The Morgan fingerprint density at radius 1 is 1.12 bits per heavy atom. The summed E-state index contributed by atoms with van der Waals surface area (Å²) >= 11 is 6.04. The Morgan fingerprint density at radius 3 is 2.33 bits per heavy atom. The fourth-order valence-corrected chi connectivity index (χ4v) is 2.84. The molecule has 0 heterocycles. The number of carbonyl (C=O) groups is 2. The highest BCUT2D eigenvalue weighted by Gasteiger charge is 2.24. The average molecular weight is 346 g/mol. The Bertz CT molecular complexity index is 726. The molecule has 2 N–H and O–H groups in total. The number of carbonyl (C=O) groups excluding carboxylic acids is 1. The smallest absolute Gasteiger partial charge is 0.307 e. The monoisotopic (exact) mass is 345 g/mol. The fourth-order valence-electron chi connectivity index (χ4n) is 2.64. The molecule has 2 aromatic carbocycles. The standard InChI is InChI=1S/C19H20ClNO3/c1-12(2)18(14-4-3-5-15(20)11-14)19(24)21-16-8-6-13(7-9-16)10-17(22)23/h3-9,11-12,18H,10H2,1-2H3,(H,21,24)(H,22,23). The second kappa shape index (κ2) is 7.97. The van der Waals surface area contributed by atoms with Crippen LogP contribution in [0.15, 0.2) is 48.5 Å². The number of halogens is 1. The van der Waals surface area contributed by atoms with E-state index in [1.54, 1.807) is 30.3 Å². The second-order valence-electron chi connectivity index (χ2n) is 6.03. The first kappa shape index (κ1) is 18.0. The summed E-state index contributed by atoms with van der Waals surface area (Å²) in [5, 5.41) is 12.3. The number of rotatable bonds is 6. The lowest BCUT2D eigenvalue weighted by atomic mass is 9.87. The number of benzene rings is 2. The topological polar surface area (TPSA) is 66.4 Å². The van der Waals surface area contributed by atoms with Crippen LogP contribution in [0.25, 0.3) is 0 Å². The van der Waals surface area contributed by atoms with Crippen molar-refractivity contribution in [3.05, 3.63) is 64.7 Å². The highest BCUT2D eigenvalue weighted by Crippen LogP contribution is 2.28. The average Bonchev–Trinajstić information content (AvgIpc) is 2.48. The maximum atomic E-state index is 12.7. The van der Waals surface area contributed by atoms with Gasteiger partial charge in [-0.15, -0.1) is 0 Å². The number of amides is 1.